The molecule has 1 atom stereocenters. The zero-order valence-electron chi connectivity index (χ0n) is 10.4. The van der Waals surface area contributed by atoms with Crippen LogP contribution in [0.4, 0.5) is 4.39 Å². The van der Waals surface area contributed by atoms with E-state index in [0.29, 0.717) is 24.7 Å². The Hall–Kier alpha value is -1.72. The molecule has 2 aromatic rings. The summed E-state index contributed by atoms with van der Waals surface area (Å²) in [7, 11) is 0. The van der Waals surface area contributed by atoms with Gasteiger partial charge >= 0.3 is 0 Å². The van der Waals surface area contributed by atoms with Crippen LogP contribution in [0.25, 0.3) is 11.3 Å². The molecule has 0 radical (unpaired) electrons. The van der Waals surface area contributed by atoms with E-state index in [1.54, 1.807) is 18.3 Å². The summed E-state index contributed by atoms with van der Waals surface area (Å²) in [6.45, 7) is 2.11. The Bertz CT molecular complexity index is 553. The number of nitrogens with zero attached hydrogens (tertiary/aromatic N) is 2. The molecule has 1 fully saturated rings. The van der Waals surface area contributed by atoms with Gasteiger partial charge in [-0.3, -0.25) is 4.90 Å². The standard InChI is InChI=1S/C14H15FN2O2/c15-11-3-1-10(2-4-11)13-7-16-14(19-13)9-17-6-5-12(18)8-17/h1-4,7,12,18H,5-6,8-9H2/t12-/m1/s1. The van der Waals surface area contributed by atoms with Crippen LogP contribution in [0.1, 0.15) is 12.3 Å². The third-order valence-electron chi connectivity index (χ3n) is 3.29. The highest BCUT2D eigenvalue weighted by atomic mass is 19.1. The lowest BCUT2D eigenvalue weighted by Crippen LogP contribution is -2.21. The quantitative estimate of drug-likeness (QED) is 0.919. The Labute approximate surface area is 110 Å². The van der Waals surface area contributed by atoms with Gasteiger partial charge in [0, 0.05) is 18.7 Å². The SMILES string of the molecule is O[C@@H]1CCN(Cc2ncc(-c3ccc(F)cc3)o2)C1. The fourth-order valence-electron chi connectivity index (χ4n) is 2.28. The molecule has 3 rings (SSSR count). The number of hydrogen-bond acceptors (Lipinski definition) is 4. The second-order valence-corrected chi connectivity index (χ2v) is 4.80. The summed E-state index contributed by atoms with van der Waals surface area (Å²) in [4.78, 5) is 6.32. The molecule has 0 spiro atoms. The minimum atomic E-state index is -0.269. The largest absolute Gasteiger partial charge is 0.439 e. The first-order valence-electron chi connectivity index (χ1n) is 6.32. The Balaban J connectivity index is 1.71. The molecule has 1 aromatic heterocycles. The van der Waals surface area contributed by atoms with Crippen molar-refractivity contribution in [2.75, 3.05) is 13.1 Å². The van der Waals surface area contributed by atoms with Gasteiger partial charge in [-0.2, -0.15) is 0 Å². The maximum absolute atomic E-state index is 12.8. The highest BCUT2D eigenvalue weighted by molar-refractivity contribution is 5.55. The van der Waals surface area contributed by atoms with Crippen molar-refractivity contribution in [3.63, 3.8) is 0 Å². The summed E-state index contributed by atoms with van der Waals surface area (Å²) < 4.78 is 18.5. The van der Waals surface area contributed by atoms with E-state index >= 15 is 0 Å². The number of aliphatic hydroxyl groups excluding tert-OH is 1. The van der Waals surface area contributed by atoms with Gasteiger partial charge in [0.1, 0.15) is 5.82 Å². The molecule has 19 heavy (non-hydrogen) atoms. The summed E-state index contributed by atoms with van der Waals surface area (Å²) in [5, 5.41) is 9.46. The van der Waals surface area contributed by atoms with Crippen LogP contribution in [0.2, 0.25) is 0 Å². The Kier molecular flexibility index (Phi) is 3.31. The van der Waals surface area contributed by atoms with Gasteiger partial charge in [0.2, 0.25) is 5.89 Å². The van der Waals surface area contributed by atoms with Gasteiger partial charge in [-0.1, -0.05) is 0 Å². The van der Waals surface area contributed by atoms with Crippen molar-refractivity contribution in [2.45, 2.75) is 19.1 Å². The Morgan fingerprint density at radius 3 is 2.84 bits per heavy atom. The Morgan fingerprint density at radius 2 is 2.16 bits per heavy atom. The number of likely N-dealkylation sites (tertiary alicyclic amines) is 1. The molecule has 4 nitrogen and oxygen atoms in total. The molecule has 1 aromatic carbocycles. The maximum Gasteiger partial charge on any atom is 0.209 e. The molecule has 1 aliphatic rings. The monoisotopic (exact) mass is 262 g/mol. The number of β-amino-alcohol motifs (C(OH)–C–C–N with tert-alkyl or cyclic N) is 1. The summed E-state index contributed by atoms with van der Waals surface area (Å²) in [6, 6.07) is 6.13. The number of aromatic nitrogens is 1. The molecule has 1 aliphatic heterocycles. The normalized spacial score (nSPS) is 20.0. The van der Waals surface area contributed by atoms with Gasteiger partial charge in [0.25, 0.3) is 0 Å². The van der Waals surface area contributed by atoms with Crippen molar-refractivity contribution in [3.8, 4) is 11.3 Å². The van der Waals surface area contributed by atoms with Crippen LogP contribution >= 0.6 is 0 Å². The van der Waals surface area contributed by atoms with Crippen LogP contribution < -0.4 is 0 Å². The Morgan fingerprint density at radius 1 is 1.37 bits per heavy atom. The minimum Gasteiger partial charge on any atom is -0.439 e. The van der Waals surface area contributed by atoms with Gasteiger partial charge in [-0.15, -0.1) is 0 Å². The molecule has 5 heteroatoms. The van der Waals surface area contributed by atoms with E-state index in [1.165, 1.54) is 12.1 Å². The van der Waals surface area contributed by atoms with E-state index in [2.05, 4.69) is 9.88 Å². The predicted molar refractivity (Wildman–Crippen MR) is 67.8 cm³/mol. The molecule has 2 heterocycles. The van der Waals surface area contributed by atoms with E-state index in [1.807, 2.05) is 0 Å². The number of benzene rings is 1. The van der Waals surface area contributed by atoms with Gasteiger partial charge in [-0.05, 0) is 30.7 Å². The summed E-state index contributed by atoms with van der Waals surface area (Å²) in [5.74, 6) is 0.984. The average Bonchev–Trinajstić information content (AvgIpc) is 3.00. The molecule has 0 amide bonds. The van der Waals surface area contributed by atoms with Gasteiger partial charge < -0.3 is 9.52 Å². The third-order valence-corrected chi connectivity index (χ3v) is 3.29. The third kappa shape index (κ3) is 2.83. The van der Waals surface area contributed by atoms with Crippen molar-refractivity contribution in [3.05, 3.63) is 42.2 Å². The average molecular weight is 262 g/mol. The molecular weight excluding hydrogens is 247 g/mol. The first kappa shape index (κ1) is 12.3. The molecule has 1 N–H and O–H groups in total. The summed E-state index contributed by atoms with van der Waals surface area (Å²) in [6.07, 6.45) is 2.20. The number of halogens is 1. The van der Waals surface area contributed by atoms with Crippen LogP contribution in [-0.4, -0.2) is 34.2 Å². The molecule has 0 bridgehead atoms. The lowest BCUT2D eigenvalue weighted by atomic mass is 10.2. The number of rotatable bonds is 3. The van der Waals surface area contributed by atoms with Gasteiger partial charge in [-0.25, -0.2) is 9.37 Å². The van der Waals surface area contributed by atoms with Crippen LogP contribution in [0.3, 0.4) is 0 Å². The fraction of sp³-hybridized carbons (Fsp3) is 0.357. The highest BCUT2D eigenvalue weighted by Crippen LogP contribution is 2.22. The maximum atomic E-state index is 12.8. The van der Waals surface area contributed by atoms with Crippen LogP contribution in [0.5, 0.6) is 0 Å². The molecule has 0 unspecified atom stereocenters. The summed E-state index contributed by atoms with van der Waals surface area (Å²) >= 11 is 0. The minimum absolute atomic E-state index is 0.244. The van der Waals surface area contributed by atoms with Gasteiger partial charge in [0.05, 0.1) is 18.8 Å². The number of aliphatic hydroxyl groups is 1. The highest BCUT2D eigenvalue weighted by Gasteiger charge is 2.21. The van der Waals surface area contributed by atoms with Crippen molar-refractivity contribution in [1.82, 2.24) is 9.88 Å². The second-order valence-electron chi connectivity index (χ2n) is 4.80. The molecular formula is C14H15FN2O2. The van der Waals surface area contributed by atoms with E-state index in [0.717, 1.165) is 18.5 Å². The molecule has 1 saturated heterocycles. The fourth-order valence-corrected chi connectivity index (χ4v) is 2.28. The predicted octanol–water partition coefficient (Wildman–Crippen LogP) is 2.05. The molecule has 0 saturated carbocycles. The first-order chi connectivity index (χ1) is 9.20. The van der Waals surface area contributed by atoms with E-state index < -0.39 is 0 Å². The van der Waals surface area contributed by atoms with Gasteiger partial charge in [0.15, 0.2) is 5.76 Å². The zero-order valence-corrected chi connectivity index (χ0v) is 10.4. The van der Waals surface area contributed by atoms with Crippen molar-refractivity contribution in [1.29, 1.82) is 0 Å². The van der Waals surface area contributed by atoms with E-state index in [9.17, 15) is 9.50 Å². The van der Waals surface area contributed by atoms with Crippen LogP contribution in [0, 0.1) is 5.82 Å². The van der Waals surface area contributed by atoms with Crippen molar-refractivity contribution < 1.29 is 13.9 Å². The smallest absolute Gasteiger partial charge is 0.209 e. The topological polar surface area (TPSA) is 49.5 Å². The van der Waals surface area contributed by atoms with E-state index in [-0.39, 0.29) is 11.9 Å². The zero-order chi connectivity index (χ0) is 13.2. The number of oxazole rings is 1. The van der Waals surface area contributed by atoms with E-state index in [4.69, 9.17) is 4.42 Å². The lowest BCUT2D eigenvalue weighted by Gasteiger charge is -2.11. The van der Waals surface area contributed by atoms with Crippen molar-refractivity contribution in [2.24, 2.45) is 0 Å². The molecule has 100 valence electrons. The first-order valence-corrected chi connectivity index (χ1v) is 6.32. The van der Waals surface area contributed by atoms with Crippen LogP contribution in [0.15, 0.2) is 34.9 Å². The summed E-state index contributed by atoms with van der Waals surface area (Å²) in [5.41, 5.74) is 0.807. The second kappa shape index (κ2) is 5.11. The van der Waals surface area contributed by atoms with Crippen molar-refractivity contribution >= 4 is 0 Å². The molecule has 0 aliphatic carbocycles. The van der Waals surface area contributed by atoms with Crippen LogP contribution in [-0.2, 0) is 6.54 Å². The number of hydrogen-bond donors (Lipinski definition) is 1. The lowest BCUT2D eigenvalue weighted by molar-refractivity contribution is 0.171.